The van der Waals surface area contributed by atoms with E-state index < -0.39 is 8.32 Å². The van der Waals surface area contributed by atoms with Crippen molar-refractivity contribution in [3.05, 3.63) is 59.7 Å². The lowest BCUT2D eigenvalue weighted by Crippen LogP contribution is -2.40. The minimum absolute atomic E-state index is 0.143. The normalized spacial score (nSPS) is 12.2. The van der Waals surface area contributed by atoms with Gasteiger partial charge in [-0.25, -0.2) is 0 Å². The molecule has 2 aromatic carbocycles. The van der Waals surface area contributed by atoms with Gasteiger partial charge in [0.25, 0.3) is 0 Å². The van der Waals surface area contributed by atoms with Gasteiger partial charge in [-0.15, -0.1) is 0 Å². The zero-order chi connectivity index (χ0) is 17.8. The van der Waals surface area contributed by atoms with Crippen LogP contribution in [0.15, 0.2) is 48.5 Å². The predicted octanol–water partition coefficient (Wildman–Crippen LogP) is 5.49. The topological polar surface area (TPSA) is 38.7 Å². The number of phenols is 1. The molecule has 0 saturated heterocycles. The van der Waals surface area contributed by atoms with Gasteiger partial charge in [0.15, 0.2) is 19.8 Å². The summed E-state index contributed by atoms with van der Waals surface area (Å²) in [4.78, 5) is 0. The maximum atomic E-state index is 10.5. The molecule has 1 N–H and O–H groups in total. The number of phenolic OH excluding ortho intramolecular Hbond substituents is 1. The fraction of sp³-hybridized carbons (Fsp3) is 0.400. The summed E-state index contributed by atoms with van der Waals surface area (Å²) in [6.07, 6.45) is 0. The van der Waals surface area contributed by atoms with E-state index in [4.69, 9.17) is 9.16 Å². The quantitative estimate of drug-likeness (QED) is 0.704. The number of hydrogen-bond donors (Lipinski definition) is 1. The molecule has 0 spiro atoms. The Bertz CT molecular complexity index is 660. The van der Waals surface area contributed by atoms with Crippen LogP contribution < -0.4 is 4.74 Å². The van der Waals surface area contributed by atoms with Gasteiger partial charge in [-0.3, -0.25) is 0 Å². The third kappa shape index (κ3) is 4.62. The summed E-state index contributed by atoms with van der Waals surface area (Å²) in [7, 11) is -1.85. The Morgan fingerprint density at radius 1 is 0.917 bits per heavy atom. The van der Waals surface area contributed by atoms with Gasteiger partial charge in [0.05, 0.1) is 6.61 Å². The Morgan fingerprint density at radius 2 is 1.58 bits per heavy atom. The second-order valence-corrected chi connectivity index (χ2v) is 12.4. The third-order valence-electron chi connectivity index (χ3n) is 4.71. The molecule has 0 aliphatic heterocycles. The molecular weight excluding hydrogens is 316 g/mol. The first-order valence-corrected chi connectivity index (χ1v) is 11.2. The predicted molar refractivity (Wildman–Crippen MR) is 101 cm³/mol. The Balaban J connectivity index is 2.05. The lowest BCUT2D eigenvalue weighted by molar-refractivity contribution is 0.261. The van der Waals surface area contributed by atoms with Gasteiger partial charge in [0.1, 0.15) is 6.61 Å². The van der Waals surface area contributed by atoms with Crippen molar-refractivity contribution in [1.82, 2.24) is 0 Å². The van der Waals surface area contributed by atoms with Crippen LogP contribution in [0.2, 0.25) is 18.1 Å². The van der Waals surface area contributed by atoms with E-state index in [2.05, 4.69) is 33.9 Å². The Hall–Kier alpha value is -1.78. The van der Waals surface area contributed by atoms with Gasteiger partial charge in [0.2, 0.25) is 0 Å². The zero-order valence-electron chi connectivity index (χ0n) is 15.3. The average Bonchev–Trinajstić information content (AvgIpc) is 2.52. The van der Waals surface area contributed by atoms with E-state index >= 15 is 0 Å². The van der Waals surface area contributed by atoms with Crippen LogP contribution in [0.3, 0.4) is 0 Å². The van der Waals surface area contributed by atoms with E-state index in [1.165, 1.54) is 0 Å². The van der Waals surface area contributed by atoms with Gasteiger partial charge >= 0.3 is 0 Å². The van der Waals surface area contributed by atoms with E-state index in [1.807, 2.05) is 42.5 Å². The summed E-state index contributed by atoms with van der Waals surface area (Å²) in [5, 5.41) is 10.6. The molecule has 0 aliphatic carbocycles. The van der Waals surface area contributed by atoms with Gasteiger partial charge in [-0.05, 0) is 29.8 Å². The second kappa shape index (κ2) is 7.41. The lowest BCUT2D eigenvalue weighted by Gasteiger charge is -2.36. The van der Waals surface area contributed by atoms with Crippen molar-refractivity contribution in [1.29, 1.82) is 0 Å². The molecule has 0 amide bonds. The van der Waals surface area contributed by atoms with E-state index in [1.54, 1.807) is 6.07 Å². The minimum atomic E-state index is -1.85. The molecule has 0 unspecified atom stereocenters. The average molecular weight is 345 g/mol. The van der Waals surface area contributed by atoms with E-state index in [0.29, 0.717) is 19.0 Å². The first kappa shape index (κ1) is 18.6. The number of aromatic hydroxyl groups is 1. The van der Waals surface area contributed by atoms with Crippen molar-refractivity contribution in [2.75, 3.05) is 0 Å². The lowest BCUT2D eigenvalue weighted by atomic mass is 10.2. The Kier molecular flexibility index (Phi) is 5.73. The highest BCUT2D eigenvalue weighted by molar-refractivity contribution is 6.74. The smallest absolute Gasteiger partial charge is 0.192 e. The largest absolute Gasteiger partial charge is 0.504 e. The fourth-order valence-corrected chi connectivity index (χ4v) is 2.96. The van der Waals surface area contributed by atoms with Crippen LogP contribution in [0.25, 0.3) is 0 Å². The number of hydrogen-bond acceptors (Lipinski definition) is 3. The number of ether oxygens (including phenoxy) is 1. The van der Waals surface area contributed by atoms with Crippen LogP contribution in [0, 0.1) is 0 Å². The highest BCUT2D eigenvalue weighted by Gasteiger charge is 2.37. The molecule has 0 aromatic heterocycles. The maximum Gasteiger partial charge on any atom is 0.192 e. The molecule has 2 aromatic rings. The van der Waals surface area contributed by atoms with Crippen molar-refractivity contribution in [2.24, 2.45) is 0 Å². The monoisotopic (exact) mass is 344 g/mol. The van der Waals surface area contributed by atoms with Crippen LogP contribution in [0.4, 0.5) is 0 Å². The molecule has 0 radical (unpaired) electrons. The molecule has 4 heteroatoms. The van der Waals surface area contributed by atoms with E-state index in [0.717, 1.165) is 11.1 Å². The van der Waals surface area contributed by atoms with Crippen molar-refractivity contribution in [2.45, 2.75) is 52.1 Å². The molecule has 130 valence electrons. The summed E-state index contributed by atoms with van der Waals surface area (Å²) < 4.78 is 12.0. The molecule has 0 atom stereocenters. The van der Waals surface area contributed by atoms with Crippen LogP contribution in [0.5, 0.6) is 11.5 Å². The minimum Gasteiger partial charge on any atom is -0.504 e. The maximum absolute atomic E-state index is 10.5. The number of para-hydroxylation sites is 1. The molecule has 0 heterocycles. The second-order valence-electron chi connectivity index (χ2n) is 7.59. The first-order chi connectivity index (χ1) is 11.2. The Labute approximate surface area is 146 Å². The molecule has 24 heavy (non-hydrogen) atoms. The standard InChI is InChI=1S/C20H28O3Si/c1-20(2,3)24(4,5)23-15-17-12-9-13-18(19(17)21)22-14-16-10-7-6-8-11-16/h6-13,21H,14-15H2,1-5H3. The highest BCUT2D eigenvalue weighted by Crippen LogP contribution is 2.38. The molecular formula is C20H28O3Si. The summed E-state index contributed by atoms with van der Waals surface area (Å²) in [5.41, 5.74) is 1.84. The third-order valence-corrected chi connectivity index (χ3v) is 9.19. The van der Waals surface area contributed by atoms with Crippen molar-refractivity contribution in [3.63, 3.8) is 0 Å². The Morgan fingerprint density at radius 3 is 2.21 bits per heavy atom. The zero-order valence-corrected chi connectivity index (χ0v) is 16.3. The number of benzene rings is 2. The highest BCUT2D eigenvalue weighted by atomic mass is 28.4. The molecule has 2 rings (SSSR count). The summed E-state index contributed by atoms with van der Waals surface area (Å²) >= 11 is 0. The van der Waals surface area contributed by atoms with Gasteiger partial charge in [-0.1, -0.05) is 63.2 Å². The SMILES string of the molecule is CC(C)(C)[Si](C)(C)OCc1cccc(OCc2ccccc2)c1O. The van der Waals surface area contributed by atoms with Crippen LogP contribution in [0.1, 0.15) is 31.9 Å². The molecule has 3 nitrogen and oxygen atoms in total. The summed E-state index contributed by atoms with van der Waals surface area (Å²) in [6, 6.07) is 15.5. The molecule has 0 fully saturated rings. The van der Waals surface area contributed by atoms with Crippen molar-refractivity contribution >= 4 is 8.32 Å². The summed E-state index contributed by atoms with van der Waals surface area (Å²) in [5.74, 6) is 0.669. The van der Waals surface area contributed by atoms with Crippen LogP contribution in [-0.2, 0) is 17.6 Å². The van der Waals surface area contributed by atoms with Gasteiger partial charge < -0.3 is 14.3 Å². The fourth-order valence-electron chi connectivity index (χ4n) is 2.01. The molecule has 0 saturated carbocycles. The van der Waals surface area contributed by atoms with E-state index in [9.17, 15) is 5.11 Å². The van der Waals surface area contributed by atoms with Crippen LogP contribution in [-0.4, -0.2) is 13.4 Å². The van der Waals surface area contributed by atoms with Gasteiger partial charge in [-0.2, -0.15) is 0 Å². The van der Waals surface area contributed by atoms with Crippen LogP contribution >= 0.6 is 0 Å². The van der Waals surface area contributed by atoms with Crippen molar-refractivity contribution < 1.29 is 14.3 Å². The van der Waals surface area contributed by atoms with Crippen molar-refractivity contribution in [3.8, 4) is 11.5 Å². The molecule has 0 aliphatic rings. The number of rotatable bonds is 6. The molecule has 0 bridgehead atoms. The first-order valence-electron chi connectivity index (χ1n) is 8.32. The van der Waals surface area contributed by atoms with Gasteiger partial charge in [0, 0.05) is 5.56 Å². The van der Waals surface area contributed by atoms with E-state index in [-0.39, 0.29) is 10.8 Å². The summed E-state index contributed by atoms with van der Waals surface area (Å²) in [6.45, 7) is 11.9.